The zero-order valence-electron chi connectivity index (χ0n) is 8.24. The van der Waals surface area contributed by atoms with Crippen LogP contribution in [0.4, 0.5) is 0 Å². The van der Waals surface area contributed by atoms with E-state index in [1.165, 1.54) is 0 Å². The Labute approximate surface area is 92.5 Å². The SMILES string of the molecule is Cc1c(C(=O)S)[nH]c2cccc(CO)c12. The summed E-state index contributed by atoms with van der Waals surface area (Å²) >= 11 is 3.80. The number of rotatable bonds is 2. The molecule has 1 aromatic carbocycles. The van der Waals surface area contributed by atoms with Crippen molar-refractivity contribution in [1.82, 2.24) is 4.98 Å². The number of carbonyl (C=O) groups excluding carboxylic acids is 1. The molecule has 0 radical (unpaired) electrons. The van der Waals surface area contributed by atoms with Crippen LogP contribution in [0.5, 0.6) is 0 Å². The lowest BCUT2D eigenvalue weighted by Crippen LogP contribution is -1.91. The Balaban J connectivity index is 2.82. The number of aromatic amines is 1. The van der Waals surface area contributed by atoms with Crippen LogP contribution in [0.1, 0.15) is 21.6 Å². The highest BCUT2D eigenvalue weighted by Gasteiger charge is 2.13. The van der Waals surface area contributed by atoms with Crippen LogP contribution >= 0.6 is 12.6 Å². The molecule has 3 nitrogen and oxygen atoms in total. The van der Waals surface area contributed by atoms with Gasteiger partial charge < -0.3 is 10.1 Å². The Morgan fingerprint density at radius 2 is 2.27 bits per heavy atom. The van der Waals surface area contributed by atoms with Crippen molar-refractivity contribution in [3.63, 3.8) is 0 Å². The molecule has 15 heavy (non-hydrogen) atoms. The molecule has 1 aromatic heterocycles. The summed E-state index contributed by atoms with van der Waals surface area (Å²) in [7, 11) is 0. The third kappa shape index (κ3) is 1.56. The van der Waals surface area contributed by atoms with Crippen LogP contribution in [0.3, 0.4) is 0 Å². The number of nitrogens with one attached hydrogen (secondary N) is 1. The van der Waals surface area contributed by atoms with Gasteiger partial charge in [-0.25, -0.2) is 0 Å². The second-order valence-corrected chi connectivity index (χ2v) is 3.83. The van der Waals surface area contributed by atoms with E-state index < -0.39 is 0 Å². The summed E-state index contributed by atoms with van der Waals surface area (Å²) in [5.74, 6) is 0. The minimum absolute atomic E-state index is 0.0315. The lowest BCUT2D eigenvalue weighted by molar-refractivity contribution is 0.108. The number of carbonyl (C=O) groups is 1. The highest BCUT2D eigenvalue weighted by Crippen LogP contribution is 2.26. The standard InChI is InChI=1S/C11H11NO2S/c1-6-9-7(5-13)3-2-4-8(9)12-10(6)11(14)15/h2-4,12-13H,5H2,1H3,(H,14,15). The fraction of sp³-hybridized carbons (Fsp3) is 0.182. The Bertz CT molecular complexity index is 531. The molecule has 0 aliphatic rings. The molecule has 78 valence electrons. The van der Waals surface area contributed by atoms with Gasteiger partial charge in [-0.2, -0.15) is 0 Å². The van der Waals surface area contributed by atoms with Crippen LogP contribution in [-0.4, -0.2) is 15.2 Å². The number of aliphatic hydroxyl groups excluding tert-OH is 1. The van der Waals surface area contributed by atoms with Crippen molar-refractivity contribution in [2.24, 2.45) is 0 Å². The predicted molar refractivity (Wildman–Crippen MR) is 62.3 cm³/mol. The molecule has 0 amide bonds. The van der Waals surface area contributed by atoms with Gasteiger partial charge in [0.15, 0.2) is 0 Å². The second-order valence-electron chi connectivity index (χ2n) is 3.43. The molecule has 0 atom stereocenters. The molecule has 0 saturated carbocycles. The molecule has 0 unspecified atom stereocenters. The molecular formula is C11H11NO2S. The minimum atomic E-state index is -0.285. The normalized spacial score (nSPS) is 10.9. The third-order valence-electron chi connectivity index (χ3n) is 2.54. The van der Waals surface area contributed by atoms with Crippen molar-refractivity contribution in [1.29, 1.82) is 0 Å². The van der Waals surface area contributed by atoms with Gasteiger partial charge in [0.2, 0.25) is 5.12 Å². The van der Waals surface area contributed by atoms with Crippen molar-refractivity contribution in [3.8, 4) is 0 Å². The fourth-order valence-corrected chi connectivity index (χ4v) is 2.07. The summed E-state index contributed by atoms with van der Waals surface area (Å²) in [4.78, 5) is 14.2. The topological polar surface area (TPSA) is 53.1 Å². The molecule has 0 bridgehead atoms. The zero-order valence-corrected chi connectivity index (χ0v) is 9.14. The average molecular weight is 221 g/mol. The first-order valence-electron chi connectivity index (χ1n) is 4.59. The minimum Gasteiger partial charge on any atom is -0.392 e. The number of aryl methyl sites for hydroxylation is 1. The Kier molecular flexibility index (Phi) is 2.54. The molecule has 4 heteroatoms. The number of aromatic nitrogens is 1. The molecule has 0 aliphatic carbocycles. The molecule has 2 aromatic rings. The van der Waals surface area contributed by atoms with Gasteiger partial charge in [0, 0.05) is 10.9 Å². The number of aliphatic hydroxyl groups is 1. The van der Waals surface area contributed by atoms with E-state index in [1.54, 1.807) is 0 Å². The molecule has 0 saturated heterocycles. The van der Waals surface area contributed by atoms with Gasteiger partial charge in [-0.05, 0) is 24.1 Å². The first kappa shape index (κ1) is 10.3. The van der Waals surface area contributed by atoms with E-state index in [2.05, 4.69) is 17.6 Å². The van der Waals surface area contributed by atoms with E-state index in [-0.39, 0.29) is 11.7 Å². The largest absolute Gasteiger partial charge is 0.392 e. The Morgan fingerprint density at radius 1 is 1.53 bits per heavy atom. The molecule has 2 N–H and O–H groups in total. The van der Waals surface area contributed by atoms with Crippen LogP contribution in [0.2, 0.25) is 0 Å². The molecule has 2 rings (SSSR count). The van der Waals surface area contributed by atoms with E-state index in [0.29, 0.717) is 5.69 Å². The number of hydrogen-bond acceptors (Lipinski definition) is 2. The number of benzene rings is 1. The molecule has 0 spiro atoms. The first-order valence-corrected chi connectivity index (χ1v) is 5.04. The Morgan fingerprint density at radius 3 is 2.87 bits per heavy atom. The lowest BCUT2D eigenvalue weighted by Gasteiger charge is -1.99. The van der Waals surface area contributed by atoms with Gasteiger partial charge in [0.05, 0.1) is 12.3 Å². The molecular weight excluding hydrogens is 210 g/mol. The van der Waals surface area contributed by atoms with Gasteiger partial charge in [-0.1, -0.05) is 24.8 Å². The lowest BCUT2D eigenvalue weighted by atomic mass is 10.1. The van der Waals surface area contributed by atoms with Gasteiger partial charge >= 0.3 is 0 Å². The third-order valence-corrected chi connectivity index (χ3v) is 2.77. The maximum Gasteiger partial charge on any atom is 0.232 e. The summed E-state index contributed by atoms with van der Waals surface area (Å²) in [5.41, 5.74) is 3.02. The maximum absolute atomic E-state index is 11.2. The number of hydrogen-bond donors (Lipinski definition) is 3. The second kappa shape index (κ2) is 3.72. The summed E-state index contributed by atoms with van der Waals surface area (Å²) in [6, 6.07) is 5.56. The highest BCUT2D eigenvalue weighted by molar-refractivity contribution is 7.97. The van der Waals surface area contributed by atoms with Crippen LogP contribution in [0, 0.1) is 6.92 Å². The van der Waals surface area contributed by atoms with Crippen molar-refractivity contribution >= 4 is 28.6 Å². The van der Waals surface area contributed by atoms with Crippen LogP contribution in [-0.2, 0) is 6.61 Å². The van der Waals surface area contributed by atoms with Crippen LogP contribution in [0.15, 0.2) is 18.2 Å². The summed E-state index contributed by atoms with van der Waals surface area (Å²) in [6.07, 6.45) is 0. The first-order chi connectivity index (χ1) is 7.15. The predicted octanol–water partition coefficient (Wildman–Crippen LogP) is 2.04. The van der Waals surface area contributed by atoms with Gasteiger partial charge in [0.25, 0.3) is 0 Å². The van der Waals surface area contributed by atoms with Crippen LogP contribution < -0.4 is 0 Å². The van der Waals surface area contributed by atoms with Gasteiger partial charge in [0.1, 0.15) is 0 Å². The van der Waals surface area contributed by atoms with Crippen molar-refractivity contribution in [3.05, 3.63) is 35.0 Å². The van der Waals surface area contributed by atoms with E-state index in [4.69, 9.17) is 0 Å². The van der Waals surface area contributed by atoms with E-state index in [1.807, 2.05) is 25.1 Å². The van der Waals surface area contributed by atoms with Crippen LogP contribution in [0.25, 0.3) is 10.9 Å². The summed E-state index contributed by atoms with van der Waals surface area (Å²) in [6.45, 7) is 1.82. The molecule has 0 aliphatic heterocycles. The zero-order chi connectivity index (χ0) is 11.0. The summed E-state index contributed by atoms with van der Waals surface area (Å²) in [5, 5.41) is 9.82. The monoisotopic (exact) mass is 221 g/mol. The maximum atomic E-state index is 11.2. The van der Waals surface area contributed by atoms with Crippen molar-refractivity contribution in [2.75, 3.05) is 0 Å². The molecule has 1 heterocycles. The number of H-pyrrole nitrogens is 1. The Hall–Kier alpha value is -1.26. The smallest absolute Gasteiger partial charge is 0.232 e. The fourth-order valence-electron chi connectivity index (χ4n) is 1.85. The average Bonchev–Trinajstić information content (AvgIpc) is 2.56. The summed E-state index contributed by atoms with van der Waals surface area (Å²) < 4.78 is 0. The number of fused-ring (bicyclic) bond motifs is 1. The highest BCUT2D eigenvalue weighted by atomic mass is 32.1. The van der Waals surface area contributed by atoms with E-state index in [9.17, 15) is 9.90 Å². The number of thiol groups is 1. The van der Waals surface area contributed by atoms with E-state index >= 15 is 0 Å². The van der Waals surface area contributed by atoms with E-state index in [0.717, 1.165) is 22.0 Å². The van der Waals surface area contributed by atoms with Gasteiger partial charge in [-0.15, -0.1) is 0 Å². The van der Waals surface area contributed by atoms with Crippen molar-refractivity contribution in [2.45, 2.75) is 13.5 Å². The quantitative estimate of drug-likeness (QED) is 0.680. The van der Waals surface area contributed by atoms with Gasteiger partial charge in [-0.3, -0.25) is 4.79 Å². The molecule has 0 fully saturated rings. The van der Waals surface area contributed by atoms with Crippen molar-refractivity contribution < 1.29 is 9.90 Å².